The minimum Gasteiger partial charge on any atom is -0.479 e. The van der Waals surface area contributed by atoms with Gasteiger partial charge in [0.2, 0.25) is 0 Å². The van der Waals surface area contributed by atoms with E-state index in [0.29, 0.717) is 0 Å². The maximum Gasteiger partial charge on any atom is 0.335 e. The Labute approximate surface area is 44.3 Å². The molecule has 0 amide bonds. The molecule has 0 aliphatic rings. The normalized spacial score (nSPS) is 6.17. The molecule has 0 saturated heterocycles. The Morgan fingerprint density at radius 3 is 2.00 bits per heavy atom. The molecule has 6 heavy (non-hydrogen) atoms. The fourth-order valence-corrected chi connectivity index (χ4v) is 0. The predicted octanol–water partition coefficient (Wildman–Crippen LogP) is 0.0380. The minimum absolute atomic E-state index is 0. The van der Waals surface area contributed by atoms with Crippen LogP contribution in [0.2, 0.25) is 0 Å². The first-order valence-corrected chi connectivity index (χ1v) is 1.05. The smallest absolute Gasteiger partial charge is 0.335 e. The van der Waals surface area contributed by atoms with Crippen LogP contribution >= 0.6 is 0 Å². The van der Waals surface area contributed by atoms with E-state index in [0.717, 1.165) is 0 Å². The Bertz CT molecular complexity index is 46.8. The standard InChI is InChI=1S/C2H3FO2.Ni/c3-1-2(4)5;/h1H2,(H,4,5);. The molecule has 0 unspecified atom stereocenters. The molecule has 0 aliphatic carbocycles. The van der Waals surface area contributed by atoms with Crippen LogP contribution < -0.4 is 0 Å². The van der Waals surface area contributed by atoms with Gasteiger partial charge in [0.05, 0.1) is 0 Å². The van der Waals surface area contributed by atoms with Gasteiger partial charge in [0.25, 0.3) is 0 Å². The molecule has 0 fully saturated rings. The average Bonchev–Trinajstić information content (AvgIpc) is 1.38. The van der Waals surface area contributed by atoms with Crippen molar-refractivity contribution in [2.75, 3.05) is 6.67 Å². The van der Waals surface area contributed by atoms with Crippen molar-refractivity contribution in [2.24, 2.45) is 0 Å². The molecule has 0 rings (SSSR count). The van der Waals surface area contributed by atoms with E-state index in [-0.39, 0.29) is 16.5 Å². The molecular weight excluding hydrogens is 134 g/mol. The first kappa shape index (κ1) is 9.31. The van der Waals surface area contributed by atoms with Gasteiger partial charge in [-0.3, -0.25) is 0 Å². The number of carbonyl (C=O) groups is 1. The molecule has 4 heteroatoms. The summed E-state index contributed by atoms with van der Waals surface area (Å²) in [7, 11) is 0. The van der Waals surface area contributed by atoms with Gasteiger partial charge < -0.3 is 5.11 Å². The zero-order valence-electron chi connectivity index (χ0n) is 2.76. The topological polar surface area (TPSA) is 37.3 Å². The van der Waals surface area contributed by atoms with Crippen LogP contribution in [0, 0.1) is 0 Å². The van der Waals surface area contributed by atoms with Crippen LogP contribution in [0.5, 0.6) is 0 Å². The summed E-state index contributed by atoms with van der Waals surface area (Å²) in [5.74, 6) is -1.41. The summed E-state index contributed by atoms with van der Waals surface area (Å²) in [6.07, 6.45) is 0. The Balaban J connectivity index is 0. The van der Waals surface area contributed by atoms with E-state index in [2.05, 4.69) is 0 Å². The van der Waals surface area contributed by atoms with Gasteiger partial charge in [0, 0.05) is 16.5 Å². The SMILES string of the molecule is O=C(O)CF.[Ni]. The summed E-state index contributed by atoms with van der Waals surface area (Å²) in [6, 6.07) is 0. The summed E-state index contributed by atoms with van der Waals surface area (Å²) in [4.78, 5) is 8.99. The van der Waals surface area contributed by atoms with Crippen LogP contribution in [0.25, 0.3) is 0 Å². The van der Waals surface area contributed by atoms with Gasteiger partial charge in [0.1, 0.15) is 0 Å². The zero-order chi connectivity index (χ0) is 4.28. The van der Waals surface area contributed by atoms with E-state index in [1.165, 1.54) is 0 Å². The summed E-state index contributed by atoms with van der Waals surface area (Å²) >= 11 is 0. The third kappa shape index (κ3) is 9.09. The van der Waals surface area contributed by atoms with Gasteiger partial charge in [-0.25, -0.2) is 9.18 Å². The second kappa shape index (κ2) is 4.89. The number of hydrogen-bond acceptors (Lipinski definition) is 1. The van der Waals surface area contributed by atoms with E-state index >= 15 is 0 Å². The molecule has 0 radical (unpaired) electrons. The van der Waals surface area contributed by atoms with Crippen LogP contribution in [-0.2, 0) is 21.3 Å². The van der Waals surface area contributed by atoms with Gasteiger partial charge >= 0.3 is 5.97 Å². The van der Waals surface area contributed by atoms with E-state index in [9.17, 15) is 4.39 Å². The van der Waals surface area contributed by atoms with E-state index in [4.69, 9.17) is 9.90 Å². The first-order valence-electron chi connectivity index (χ1n) is 1.05. The molecule has 0 saturated carbocycles. The largest absolute Gasteiger partial charge is 0.479 e. The van der Waals surface area contributed by atoms with Crippen molar-refractivity contribution in [2.45, 2.75) is 0 Å². The van der Waals surface area contributed by atoms with Crippen LogP contribution in [0.3, 0.4) is 0 Å². The Kier molecular flexibility index (Phi) is 7.59. The van der Waals surface area contributed by atoms with E-state index < -0.39 is 12.6 Å². The van der Waals surface area contributed by atoms with Gasteiger partial charge in [-0.2, -0.15) is 0 Å². The molecule has 0 spiro atoms. The Hall–Kier alpha value is -0.106. The summed E-state index contributed by atoms with van der Waals surface area (Å²) < 4.78 is 10.5. The molecule has 40 valence electrons. The van der Waals surface area contributed by atoms with Crippen molar-refractivity contribution >= 4 is 5.97 Å². The van der Waals surface area contributed by atoms with Crippen LogP contribution in [0.4, 0.5) is 4.39 Å². The Morgan fingerprint density at radius 2 is 2.00 bits per heavy atom. The van der Waals surface area contributed by atoms with Crippen molar-refractivity contribution in [1.29, 1.82) is 0 Å². The molecule has 0 aromatic heterocycles. The second-order valence-corrected chi connectivity index (χ2v) is 0.527. The third-order valence-corrected chi connectivity index (χ3v) is 0.114. The molecule has 1 N–H and O–H groups in total. The third-order valence-electron chi connectivity index (χ3n) is 0.114. The average molecular weight is 137 g/mol. The van der Waals surface area contributed by atoms with Crippen molar-refractivity contribution in [3.8, 4) is 0 Å². The molecule has 0 aliphatic heterocycles. The second-order valence-electron chi connectivity index (χ2n) is 0.527. The van der Waals surface area contributed by atoms with Gasteiger partial charge in [-0.15, -0.1) is 0 Å². The number of rotatable bonds is 1. The monoisotopic (exact) mass is 136 g/mol. The van der Waals surface area contributed by atoms with E-state index in [1.54, 1.807) is 0 Å². The predicted molar refractivity (Wildman–Crippen MR) is 13.6 cm³/mol. The maximum absolute atomic E-state index is 10.5. The number of aliphatic carboxylic acids is 1. The number of carboxylic acid groups (broad SMARTS) is 1. The molecule has 0 bridgehead atoms. The Morgan fingerprint density at radius 1 is 1.83 bits per heavy atom. The van der Waals surface area contributed by atoms with Gasteiger partial charge in [-0.1, -0.05) is 0 Å². The maximum atomic E-state index is 10.5. The van der Waals surface area contributed by atoms with Crippen LogP contribution in [-0.4, -0.2) is 17.8 Å². The number of alkyl halides is 1. The van der Waals surface area contributed by atoms with Crippen molar-refractivity contribution in [3.05, 3.63) is 0 Å². The van der Waals surface area contributed by atoms with Crippen molar-refractivity contribution in [3.63, 3.8) is 0 Å². The number of carboxylic acids is 1. The fraction of sp³-hybridized carbons (Fsp3) is 0.500. The quantitative estimate of drug-likeness (QED) is 0.517. The van der Waals surface area contributed by atoms with Crippen molar-refractivity contribution < 1.29 is 30.8 Å². The minimum atomic E-state index is -1.41. The van der Waals surface area contributed by atoms with Crippen LogP contribution in [0.1, 0.15) is 0 Å². The van der Waals surface area contributed by atoms with Crippen LogP contribution in [0.15, 0.2) is 0 Å². The molecule has 0 atom stereocenters. The summed E-state index contributed by atoms with van der Waals surface area (Å²) in [5, 5.41) is 7.35. The number of hydrogen-bond donors (Lipinski definition) is 1. The zero-order valence-corrected chi connectivity index (χ0v) is 3.74. The van der Waals surface area contributed by atoms with E-state index in [1.807, 2.05) is 0 Å². The first-order chi connectivity index (χ1) is 2.27. The molecule has 0 aromatic rings. The fourth-order valence-electron chi connectivity index (χ4n) is 0. The molecule has 0 aromatic carbocycles. The van der Waals surface area contributed by atoms with Gasteiger partial charge in [0.15, 0.2) is 6.67 Å². The molecule has 0 heterocycles. The summed E-state index contributed by atoms with van der Waals surface area (Å²) in [5.41, 5.74) is 0. The van der Waals surface area contributed by atoms with Gasteiger partial charge in [-0.05, 0) is 0 Å². The number of halogens is 1. The molecular formula is C2H3FNiO2. The summed E-state index contributed by atoms with van der Waals surface area (Å²) in [6.45, 7) is -1.28. The molecule has 2 nitrogen and oxygen atoms in total. The van der Waals surface area contributed by atoms with Crippen molar-refractivity contribution in [1.82, 2.24) is 0 Å².